The first-order valence-electron chi connectivity index (χ1n) is 7.23. The van der Waals surface area contributed by atoms with Crippen molar-refractivity contribution in [2.24, 2.45) is 0 Å². The quantitative estimate of drug-likeness (QED) is 0.897. The van der Waals surface area contributed by atoms with Crippen LogP contribution in [0.5, 0.6) is 5.75 Å². The molecule has 1 aromatic rings. The number of carbonyl (C=O) groups is 2. The van der Waals surface area contributed by atoms with Gasteiger partial charge in [-0.15, -0.1) is 0 Å². The van der Waals surface area contributed by atoms with Gasteiger partial charge in [0.2, 0.25) is 0 Å². The van der Waals surface area contributed by atoms with Crippen LogP contribution in [0.25, 0.3) is 0 Å². The Balaban J connectivity index is 2.26. The predicted molar refractivity (Wildman–Crippen MR) is 78.5 cm³/mol. The average molecular weight is 291 g/mol. The number of rotatable bonds is 3. The van der Waals surface area contributed by atoms with Gasteiger partial charge in [0.25, 0.3) is 5.91 Å². The number of carboxylic acid groups (broad SMARTS) is 1. The van der Waals surface area contributed by atoms with E-state index < -0.39 is 5.97 Å². The number of carboxylic acids is 1. The van der Waals surface area contributed by atoms with E-state index in [1.807, 2.05) is 0 Å². The summed E-state index contributed by atoms with van der Waals surface area (Å²) >= 11 is 0. The molecule has 0 radical (unpaired) electrons. The SMILES string of the molecule is Cc1cc(C(=O)N2CCCC[C@@H]2CC(=O)O)cc(C)c1O. The maximum absolute atomic E-state index is 12.7. The molecule has 2 N–H and O–H groups in total. The highest BCUT2D eigenvalue weighted by Gasteiger charge is 2.29. The summed E-state index contributed by atoms with van der Waals surface area (Å²) in [7, 11) is 0. The number of aliphatic carboxylic acids is 1. The molecule has 1 fully saturated rings. The highest BCUT2D eigenvalue weighted by Crippen LogP contribution is 2.26. The molecule has 0 unspecified atom stereocenters. The molecule has 2 rings (SSSR count). The summed E-state index contributed by atoms with van der Waals surface area (Å²) in [5.41, 5.74) is 1.83. The van der Waals surface area contributed by atoms with E-state index in [1.165, 1.54) is 0 Å². The summed E-state index contributed by atoms with van der Waals surface area (Å²) in [5.74, 6) is -0.822. The van der Waals surface area contributed by atoms with Gasteiger partial charge < -0.3 is 15.1 Å². The second-order valence-electron chi connectivity index (χ2n) is 5.70. The summed E-state index contributed by atoms with van der Waals surface area (Å²) in [6.07, 6.45) is 2.57. The van der Waals surface area contributed by atoms with E-state index in [9.17, 15) is 14.7 Å². The highest BCUT2D eigenvalue weighted by atomic mass is 16.4. The number of likely N-dealkylation sites (tertiary alicyclic amines) is 1. The second-order valence-corrected chi connectivity index (χ2v) is 5.70. The number of piperidine rings is 1. The van der Waals surface area contributed by atoms with Gasteiger partial charge in [-0.25, -0.2) is 0 Å². The Bertz CT molecular complexity index is 544. The number of aryl methyl sites for hydroxylation is 2. The third-order valence-corrected chi connectivity index (χ3v) is 4.04. The molecule has 1 aliphatic rings. The third kappa shape index (κ3) is 3.35. The summed E-state index contributed by atoms with van der Waals surface area (Å²) in [4.78, 5) is 25.3. The van der Waals surface area contributed by atoms with Crippen molar-refractivity contribution in [1.29, 1.82) is 0 Å². The highest BCUT2D eigenvalue weighted by molar-refractivity contribution is 5.95. The molecule has 5 heteroatoms. The fourth-order valence-electron chi connectivity index (χ4n) is 2.93. The molecule has 114 valence electrons. The van der Waals surface area contributed by atoms with Crippen LogP contribution < -0.4 is 0 Å². The normalized spacial score (nSPS) is 18.6. The average Bonchev–Trinajstić information content (AvgIpc) is 2.43. The van der Waals surface area contributed by atoms with Gasteiger partial charge in [-0.05, 0) is 56.4 Å². The smallest absolute Gasteiger partial charge is 0.305 e. The molecule has 1 atom stereocenters. The van der Waals surface area contributed by atoms with Crippen LogP contribution in [0.1, 0.15) is 47.2 Å². The van der Waals surface area contributed by atoms with Crippen molar-refractivity contribution in [1.82, 2.24) is 4.90 Å². The number of phenolic OH excluding ortho intramolecular Hbond substituents is 1. The topological polar surface area (TPSA) is 77.8 Å². The van der Waals surface area contributed by atoms with Gasteiger partial charge in [0, 0.05) is 18.2 Å². The minimum atomic E-state index is -0.877. The largest absolute Gasteiger partial charge is 0.507 e. The van der Waals surface area contributed by atoms with Gasteiger partial charge in [-0.2, -0.15) is 0 Å². The fraction of sp³-hybridized carbons (Fsp3) is 0.500. The number of phenols is 1. The van der Waals surface area contributed by atoms with E-state index in [4.69, 9.17) is 5.11 Å². The number of hydrogen-bond donors (Lipinski definition) is 2. The predicted octanol–water partition coefficient (Wildman–Crippen LogP) is 2.48. The molecule has 1 heterocycles. The maximum atomic E-state index is 12.7. The molecule has 1 amide bonds. The van der Waals surface area contributed by atoms with Crippen molar-refractivity contribution in [2.45, 2.75) is 45.6 Å². The molecule has 0 bridgehead atoms. The van der Waals surface area contributed by atoms with Gasteiger partial charge >= 0.3 is 5.97 Å². The Kier molecular flexibility index (Phi) is 4.50. The van der Waals surface area contributed by atoms with Crippen molar-refractivity contribution < 1.29 is 19.8 Å². The van der Waals surface area contributed by atoms with Crippen LogP contribution in [0.3, 0.4) is 0 Å². The van der Waals surface area contributed by atoms with E-state index in [2.05, 4.69) is 0 Å². The van der Waals surface area contributed by atoms with Crippen LogP contribution in [0.15, 0.2) is 12.1 Å². The molecule has 0 spiro atoms. The van der Waals surface area contributed by atoms with E-state index >= 15 is 0 Å². The lowest BCUT2D eigenvalue weighted by Gasteiger charge is -2.35. The summed E-state index contributed by atoms with van der Waals surface area (Å²) in [6.45, 7) is 4.10. The van der Waals surface area contributed by atoms with Crippen molar-refractivity contribution in [3.63, 3.8) is 0 Å². The van der Waals surface area contributed by atoms with Crippen LogP contribution >= 0.6 is 0 Å². The Morgan fingerprint density at radius 2 is 1.86 bits per heavy atom. The number of aromatic hydroxyl groups is 1. The molecule has 21 heavy (non-hydrogen) atoms. The lowest BCUT2D eigenvalue weighted by Crippen LogP contribution is -2.44. The van der Waals surface area contributed by atoms with Gasteiger partial charge in [-0.3, -0.25) is 9.59 Å². The maximum Gasteiger partial charge on any atom is 0.305 e. The van der Waals surface area contributed by atoms with E-state index in [0.29, 0.717) is 23.2 Å². The van der Waals surface area contributed by atoms with Crippen molar-refractivity contribution in [3.05, 3.63) is 28.8 Å². The lowest BCUT2D eigenvalue weighted by molar-refractivity contribution is -0.138. The van der Waals surface area contributed by atoms with Crippen LogP contribution in [-0.4, -0.2) is 39.6 Å². The molecule has 1 saturated heterocycles. The number of hydrogen-bond acceptors (Lipinski definition) is 3. The van der Waals surface area contributed by atoms with Crippen molar-refractivity contribution in [3.8, 4) is 5.75 Å². The zero-order chi connectivity index (χ0) is 15.6. The molecular formula is C16H21NO4. The number of benzene rings is 1. The molecule has 5 nitrogen and oxygen atoms in total. The third-order valence-electron chi connectivity index (χ3n) is 4.04. The molecule has 0 saturated carbocycles. The first kappa shape index (κ1) is 15.4. The number of carbonyl (C=O) groups excluding carboxylic acids is 1. The van der Waals surface area contributed by atoms with Crippen LogP contribution in [0, 0.1) is 13.8 Å². The summed E-state index contributed by atoms with van der Waals surface area (Å²) in [6, 6.07) is 3.09. The van der Waals surface area contributed by atoms with Crippen LogP contribution in [0.4, 0.5) is 0 Å². The van der Waals surface area contributed by atoms with Crippen molar-refractivity contribution >= 4 is 11.9 Å². The number of nitrogens with zero attached hydrogens (tertiary/aromatic N) is 1. The Morgan fingerprint density at radius 1 is 1.24 bits per heavy atom. The zero-order valence-electron chi connectivity index (χ0n) is 12.4. The van der Waals surface area contributed by atoms with Gasteiger partial charge in [0.1, 0.15) is 5.75 Å². The van der Waals surface area contributed by atoms with E-state index in [0.717, 1.165) is 19.3 Å². The summed E-state index contributed by atoms with van der Waals surface area (Å²) < 4.78 is 0. The van der Waals surface area contributed by atoms with Gasteiger partial charge in [0.15, 0.2) is 0 Å². The molecule has 1 aromatic carbocycles. The molecule has 0 aliphatic carbocycles. The second kappa shape index (κ2) is 6.16. The molecule has 1 aliphatic heterocycles. The Labute approximate surface area is 124 Å². The van der Waals surface area contributed by atoms with Crippen molar-refractivity contribution in [2.75, 3.05) is 6.54 Å². The van der Waals surface area contributed by atoms with Crippen LogP contribution in [-0.2, 0) is 4.79 Å². The van der Waals surface area contributed by atoms with Crippen LogP contribution in [0.2, 0.25) is 0 Å². The number of amides is 1. The first-order valence-corrected chi connectivity index (χ1v) is 7.23. The Hall–Kier alpha value is -2.04. The van der Waals surface area contributed by atoms with Gasteiger partial charge in [0.05, 0.1) is 6.42 Å². The minimum absolute atomic E-state index is 0.0121. The minimum Gasteiger partial charge on any atom is -0.507 e. The Morgan fingerprint density at radius 3 is 2.43 bits per heavy atom. The van der Waals surface area contributed by atoms with E-state index in [-0.39, 0.29) is 24.1 Å². The first-order chi connectivity index (χ1) is 9.90. The molecular weight excluding hydrogens is 270 g/mol. The lowest BCUT2D eigenvalue weighted by atomic mass is 9.97. The monoisotopic (exact) mass is 291 g/mol. The van der Waals surface area contributed by atoms with Gasteiger partial charge in [-0.1, -0.05) is 0 Å². The fourth-order valence-corrected chi connectivity index (χ4v) is 2.93. The standard InChI is InChI=1S/C16H21NO4/c1-10-7-12(8-11(2)15(10)20)16(21)17-6-4-3-5-13(17)9-14(18)19/h7-8,13,20H,3-6,9H2,1-2H3,(H,18,19)/t13-/m1/s1. The summed E-state index contributed by atoms with van der Waals surface area (Å²) in [5, 5.41) is 18.8. The zero-order valence-corrected chi connectivity index (χ0v) is 12.4. The molecule has 0 aromatic heterocycles. The van der Waals surface area contributed by atoms with E-state index in [1.54, 1.807) is 30.9 Å².